The fourth-order valence-corrected chi connectivity index (χ4v) is 3.90. The van der Waals surface area contributed by atoms with Crippen molar-refractivity contribution in [2.75, 3.05) is 31.1 Å². The van der Waals surface area contributed by atoms with Gasteiger partial charge in [-0.15, -0.1) is 21.5 Å². The van der Waals surface area contributed by atoms with Crippen LogP contribution in [0.3, 0.4) is 0 Å². The van der Waals surface area contributed by atoms with Gasteiger partial charge in [0, 0.05) is 32.6 Å². The van der Waals surface area contributed by atoms with Crippen molar-refractivity contribution in [3.05, 3.63) is 17.5 Å². The first-order chi connectivity index (χ1) is 9.78. The number of carbonyl (C=O) groups is 1. The molecule has 1 saturated heterocycles. The number of piperazine rings is 1. The Morgan fingerprint density at radius 3 is 2.75 bits per heavy atom. The van der Waals surface area contributed by atoms with Crippen molar-refractivity contribution in [3.63, 3.8) is 0 Å². The van der Waals surface area contributed by atoms with Crippen molar-refractivity contribution in [3.8, 4) is 9.88 Å². The summed E-state index contributed by atoms with van der Waals surface area (Å²) in [4.78, 5) is 17.0. The van der Waals surface area contributed by atoms with Gasteiger partial charge in [-0.25, -0.2) is 0 Å². The molecule has 0 N–H and O–H groups in total. The minimum absolute atomic E-state index is 0.237. The standard InChI is InChI=1S/C13H16N4OS2/c1-2-11(18)16-5-7-17(8-6-16)13-15-14-12(20-13)10-4-3-9-19-10/h3-4,9H,2,5-8H2,1H3. The predicted molar refractivity (Wildman–Crippen MR) is 82.3 cm³/mol. The van der Waals surface area contributed by atoms with E-state index >= 15 is 0 Å². The summed E-state index contributed by atoms with van der Waals surface area (Å²) in [5, 5.41) is 12.5. The molecule has 0 bridgehead atoms. The van der Waals surface area contributed by atoms with Gasteiger partial charge in [-0.05, 0) is 11.4 Å². The van der Waals surface area contributed by atoms with Crippen LogP contribution < -0.4 is 4.90 Å². The summed E-state index contributed by atoms with van der Waals surface area (Å²) in [5.74, 6) is 0.237. The highest BCUT2D eigenvalue weighted by molar-refractivity contribution is 7.22. The number of carbonyl (C=O) groups excluding carboxylic acids is 1. The summed E-state index contributed by atoms with van der Waals surface area (Å²) in [6.07, 6.45) is 0.585. The molecule has 0 atom stereocenters. The summed E-state index contributed by atoms with van der Waals surface area (Å²) < 4.78 is 0. The Labute approximate surface area is 125 Å². The summed E-state index contributed by atoms with van der Waals surface area (Å²) >= 11 is 3.30. The van der Waals surface area contributed by atoms with Gasteiger partial charge >= 0.3 is 0 Å². The molecule has 20 heavy (non-hydrogen) atoms. The molecule has 7 heteroatoms. The molecule has 3 rings (SSSR count). The van der Waals surface area contributed by atoms with E-state index in [0.717, 1.165) is 41.2 Å². The Morgan fingerprint density at radius 1 is 1.30 bits per heavy atom. The molecule has 0 saturated carbocycles. The molecule has 3 heterocycles. The van der Waals surface area contributed by atoms with Crippen molar-refractivity contribution in [2.45, 2.75) is 13.3 Å². The highest BCUT2D eigenvalue weighted by Gasteiger charge is 2.22. The van der Waals surface area contributed by atoms with E-state index < -0.39 is 0 Å². The molecule has 1 amide bonds. The van der Waals surface area contributed by atoms with Crippen LogP contribution >= 0.6 is 22.7 Å². The van der Waals surface area contributed by atoms with Gasteiger partial charge in [0.05, 0.1) is 4.88 Å². The van der Waals surface area contributed by atoms with E-state index in [4.69, 9.17) is 0 Å². The highest BCUT2D eigenvalue weighted by atomic mass is 32.1. The maximum atomic E-state index is 11.7. The van der Waals surface area contributed by atoms with Gasteiger partial charge in [0.2, 0.25) is 11.0 Å². The van der Waals surface area contributed by atoms with Crippen LogP contribution in [0.2, 0.25) is 0 Å². The number of amides is 1. The molecule has 0 aliphatic carbocycles. The van der Waals surface area contributed by atoms with Crippen molar-refractivity contribution >= 4 is 33.7 Å². The van der Waals surface area contributed by atoms with E-state index in [0.29, 0.717) is 6.42 Å². The van der Waals surface area contributed by atoms with Crippen LogP contribution in [0.5, 0.6) is 0 Å². The quantitative estimate of drug-likeness (QED) is 0.873. The summed E-state index contributed by atoms with van der Waals surface area (Å²) in [7, 11) is 0. The second-order valence-corrected chi connectivity index (χ2v) is 6.49. The molecule has 106 valence electrons. The molecular weight excluding hydrogens is 292 g/mol. The summed E-state index contributed by atoms with van der Waals surface area (Å²) in [6.45, 7) is 5.14. The van der Waals surface area contributed by atoms with Gasteiger partial charge in [0.15, 0.2) is 5.01 Å². The second-order valence-electron chi connectivity index (χ2n) is 4.59. The Bertz CT molecular complexity index is 573. The summed E-state index contributed by atoms with van der Waals surface area (Å²) in [6, 6.07) is 4.09. The van der Waals surface area contributed by atoms with Crippen LogP contribution in [0.4, 0.5) is 5.13 Å². The average molecular weight is 308 g/mol. The predicted octanol–water partition coefficient (Wildman–Crippen LogP) is 2.33. The Morgan fingerprint density at radius 2 is 2.10 bits per heavy atom. The van der Waals surface area contributed by atoms with Crippen molar-refractivity contribution in [1.82, 2.24) is 15.1 Å². The van der Waals surface area contributed by atoms with Gasteiger partial charge in [-0.2, -0.15) is 0 Å². The zero-order chi connectivity index (χ0) is 13.9. The lowest BCUT2D eigenvalue weighted by molar-refractivity contribution is -0.131. The van der Waals surface area contributed by atoms with Gasteiger partial charge in [0.1, 0.15) is 0 Å². The van der Waals surface area contributed by atoms with Crippen molar-refractivity contribution in [1.29, 1.82) is 0 Å². The van der Waals surface area contributed by atoms with E-state index in [1.807, 2.05) is 23.3 Å². The van der Waals surface area contributed by atoms with Gasteiger partial charge < -0.3 is 9.80 Å². The monoisotopic (exact) mass is 308 g/mol. The van der Waals surface area contributed by atoms with E-state index in [9.17, 15) is 4.79 Å². The van der Waals surface area contributed by atoms with Crippen LogP contribution in [0.15, 0.2) is 17.5 Å². The maximum Gasteiger partial charge on any atom is 0.222 e. The number of nitrogens with zero attached hydrogens (tertiary/aromatic N) is 4. The number of hydrogen-bond donors (Lipinski definition) is 0. The third-order valence-corrected chi connectivity index (χ3v) is 5.37. The summed E-state index contributed by atoms with van der Waals surface area (Å²) in [5.41, 5.74) is 0. The highest BCUT2D eigenvalue weighted by Crippen LogP contribution is 2.31. The van der Waals surface area contributed by atoms with Gasteiger partial charge in [0.25, 0.3) is 0 Å². The van der Waals surface area contributed by atoms with Crippen molar-refractivity contribution in [2.24, 2.45) is 0 Å². The molecule has 5 nitrogen and oxygen atoms in total. The zero-order valence-electron chi connectivity index (χ0n) is 11.3. The van der Waals surface area contributed by atoms with Gasteiger partial charge in [-0.3, -0.25) is 4.79 Å². The molecule has 0 aromatic carbocycles. The number of anilines is 1. The number of aromatic nitrogens is 2. The lowest BCUT2D eigenvalue weighted by Crippen LogP contribution is -2.48. The Balaban J connectivity index is 1.65. The topological polar surface area (TPSA) is 49.3 Å². The van der Waals surface area contributed by atoms with Crippen LogP contribution in [0.1, 0.15) is 13.3 Å². The molecule has 0 spiro atoms. The zero-order valence-corrected chi connectivity index (χ0v) is 12.9. The number of thiophene rings is 1. The molecule has 1 fully saturated rings. The first kappa shape index (κ1) is 13.5. The normalized spacial score (nSPS) is 15.7. The van der Waals surface area contributed by atoms with Crippen LogP contribution in [0, 0.1) is 0 Å². The smallest absolute Gasteiger partial charge is 0.222 e. The molecule has 2 aromatic heterocycles. The second kappa shape index (κ2) is 5.88. The molecule has 2 aromatic rings. The largest absolute Gasteiger partial charge is 0.343 e. The fourth-order valence-electron chi connectivity index (χ4n) is 2.21. The average Bonchev–Trinajstić information content (AvgIpc) is 3.17. The third kappa shape index (κ3) is 2.69. The third-order valence-electron chi connectivity index (χ3n) is 3.35. The van der Waals surface area contributed by atoms with E-state index in [1.54, 1.807) is 22.7 Å². The maximum absolute atomic E-state index is 11.7. The Hall–Kier alpha value is -1.47. The number of hydrogen-bond acceptors (Lipinski definition) is 6. The van der Waals surface area contributed by atoms with Crippen LogP contribution in [-0.4, -0.2) is 47.2 Å². The van der Waals surface area contributed by atoms with E-state index in [2.05, 4.69) is 21.2 Å². The van der Waals surface area contributed by atoms with Crippen molar-refractivity contribution < 1.29 is 4.79 Å². The first-order valence-corrected chi connectivity index (χ1v) is 8.37. The Kier molecular flexibility index (Phi) is 3.98. The molecule has 1 aliphatic rings. The van der Waals surface area contributed by atoms with Crippen LogP contribution in [0.25, 0.3) is 9.88 Å². The molecule has 0 unspecified atom stereocenters. The minimum Gasteiger partial charge on any atom is -0.343 e. The fraction of sp³-hybridized carbons (Fsp3) is 0.462. The first-order valence-electron chi connectivity index (χ1n) is 6.68. The van der Waals surface area contributed by atoms with Gasteiger partial charge in [-0.1, -0.05) is 24.3 Å². The van der Waals surface area contributed by atoms with E-state index in [-0.39, 0.29) is 5.91 Å². The molecular formula is C13H16N4OS2. The SMILES string of the molecule is CCC(=O)N1CCN(c2nnc(-c3cccs3)s2)CC1. The lowest BCUT2D eigenvalue weighted by atomic mass is 10.3. The van der Waals surface area contributed by atoms with Crippen LogP contribution in [-0.2, 0) is 4.79 Å². The molecule has 0 radical (unpaired) electrons. The number of rotatable bonds is 3. The van der Waals surface area contributed by atoms with E-state index in [1.165, 1.54) is 0 Å². The molecule has 1 aliphatic heterocycles. The lowest BCUT2D eigenvalue weighted by Gasteiger charge is -2.34. The minimum atomic E-state index is 0.237.